The van der Waals surface area contributed by atoms with Gasteiger partial charge in [0.2, 0.25) is 0 Å². The van der Waals surface area contributed by atoms with Crippen molar-refractivity contribution in [2.75, 3.05) is 52.4 Å². The van der Waals surface area contributed by atoms with Crippen molar-refractivity contribution in [1.29, 1.82) is 0 Å². The number of nitrogens with one attached hydrogen (secondary N) is 2. The molecular formula is C14H24Cl2F6N4O2. The molecule has 0 atom stereocenters. The fourth-order valence-corrected chi connectivity index (χ4v) is 2.46. The Bertz CT molecular complexity index is 440. The molecule has 1 rings (SSSR count). The second-order valence-electron chi connectivity index (χ2n) is 5.79. The zero-order valence-electron chi connectivity index (χ0n) is 14.9. The highest BCUT2D eigenvalue weighted by Gasteiger charge is 2.43. The minimum absolute atomic E-state index is 0. The molecule has 168 valence electrons. The van der Waals surface area contributed by atoms with Crippen molar-refractivity contribution in [3.63, 3.8) is 0 Å². The van der Waals surface area contributed by atoms with E-state index in [2.05, 4.69) is 10.6 Å². The van der Waals surface area contributed by atoms with Crippen molar-refractivity contribution in [1.82, 2.24) is 20.4 Å². The highest BCUT2D eigenvalue weighted by molar-refractivity contribution is 5.85. The Morgan fingerprint density at radius 1 is 0.607 bits per heavy atom. The van der Waals surface area contributed by atoms with E-state index in [1.54, 1.807) is 0 Å². The third-order valence-corrected chi connectivity index (χ3v) is 3.74. The van der Waals surface area contributed by atoms with Crippen LogP contribution in [0.15, 0.2) is 0 Å². The molecule has 2 N–H and O–H groups in total. The molecule has 0 aromatic carbocycles. The van der Waals surface area contributed by atoms with E-state index < -0.39 is 37.3 Å². The van der Waals surface area contributed by atoms with Crippen LogP contribution in [-0.2, 0) is 9.59 Å². The Kier molecular flexibility index (Phi) is 13.9. The second kappa shape index (κ2) is 13.3. The first-order valence-electron chi connectivity index (χ1n) is 8.17. The van der Waals surface area contributed by atoms with Crippen LogP contribution in [0.25, 0.3) is 0 Å². The first kappa shape index (κ1) is 29.2. The Hall–Kier alpha value is -0.980. The number of hydrogen-bond donors (Lipinski definition) is 2. The Labute approximate surface area is 171 Å². The van der Waals surface area contributed by atoms with Gasteiger partial charge in [0.15, 0.2) is 0 Å². The lowest BCUT2D eigenvalue weighted by atomic mass is 10.3. The van der Waals surface area contributed by atoms with Crippen LogP contribution in [0.3, 0.4) is 0 Å². The molecule has 1 aliphatic rings. The topological polar surface area (TPSA) is 64.7 Å². The lowest BCUT2D eigenvalue weighted by molar-refractivity contribution is -0.187. The maximum absolute atomic E-state index is 12.6. The predicted molar refractivity (Wildman–Crippen MR) is 94.7 cm³/mol. The molecule has 0 aliphatic carbocycles. The first-order chi connectivity index (χ1) is 12.0. The standard InChI is InChI=1S/C14H22F6N4O2.2ClH/c15-13(16,17)11(25)23-7-2-8-24(12(26)14(18,19)20)10-6-22-4-1-3-21-5-9-23;;/h21-22H,1-10H2;2*1H. The van der Waals surface area contributed by atoms with Gasteiger partial charge in [0.05, 0.1) is 0 Å². The van der Waals surface area contributed by atoms with Crippen LogP contribution in [0, 0.1) is 0 Å². The Balaban J connectivity index is 0. The molecule has 1 aliphatic heterocycles. The molecule has 0 aromatic heterocycles. The third-order valence-electron chi connectivity index (χ3n) is 3.74. The normalized spacial score (nSPS) is 18.4. The van der Waals surface area contributed by atoms with Gasteiger partial charge in [-0.3, -0.25) is 9.59 Å². The van der Waals surface area contributed by atoms with Crippen molar-refractivity contribution >= 4 is 36.6 Å². The molecule has 1 saturated heterocycles. The summed E-state index contributed by atoms with van der Waals surface area (Å²) < 4.78 is 75.8. The van der Waals surface area contributed by atoms with Crippen molar-refractivity contribution < 1.29 is 35.9 Å². The Morgan fingerprint density at radius 2 is 0.964 bits per heavy atom. The second-order valence-corrected chi connectivity index (χ2v) is 5.79. The maximum Gasteiger partial charge on any atom is 0.471 e. The van der Waals surface area contributed by atoms with Gasteiger partial charge in [-0.1, -0.05) is 0 Å². The van der Waals surface area contributed by atoms with E-state index in [0.29, 0.717) is 29.3 Å². The molecular weight excluding hydrogens is 441 g/mol. The highest BCUT2D eigenvalue weighted by atomic mass is 35.5. The van der Waals surface area contributed by atoms with Crippen LogP contribution in [0.2, 0.25) is 0 Å². The SMILES string of the molecule is Cl.Cl.O=C(N1CCCN(C(=O)C(F)(F)F)CCNCCCNCC1)C(F)(F)F. The minimum Gasteiger partial charge on any atom is -0.334 e. The number of carbonyl (C=O) groups is 2. The van der Waals surface area contributed by atoms with E-state index in [1.807, 2.05) is 0 Å². The summed E-state index contributed by atoms with van der Waals surface area (Å²) in [4.78, 5) is 24.0. The van der Waals surface area contributed by atoms with Crippen LogP contribution in [0.5, 0.6) is 0 Å². The summed E-state index contributed by atoms with van der Waals surface area (Å²) in [5, 5.41) is 5.82. The number of hydrogen-bond acceptors (Lipinski definition) is 4. The molecule has 1 fully saturated rings. The molecule has 0 unspecified atom stereocenters. The fraction of sp³-hybridized carbons (Fsp3) is 0.857. The van der Waals surface area contributed by atoms with Crippen LogP contribution in [0.4, 0.5) is 26.3 Å². The van der Waals surface area contributed by atoms with E-state index in [4.69, 9.17) is 0 Å². The number of nitrogens with zero attached hydrogens (tertiary/aromatic N) is 2. The zero-order valence-corrected chi connectivity index (χ0v) is 16.5. The molecule has 0 radical (unpaired) electrons. The van der Waals surface area contributed by atoms with Gasteiger partial charge in [-0.05, 0) is 25.9 Å². The van der Waals surface area contributed by atoms with Gasteiger partial charge in [-0.25, -0.2) is 0 Å². The number of rotatable bonds is 0. The van der Waals surface area contributed by atoms with Crippen molar-refractivity contribution in [2.24, 2.45) is 0 Å². The van der Waals surface area contributed by atoms with Crippen LogP contribution >= 0.6 is 24.8 Å². The molecule has 2 amide bonds. The lowest BCUT2D eigenvalue weighted by Crippen LogP contribution is -2.48. The van der Waals surface area contributed by atoms with Crippen LogP contribution in [0.1, 0.15) is 12.8 Å². The summed E-state index contributed by atoms with van der Waals surface area (Å²) in [5.74, 6) is -4.08. The summed E-state index contributed by atoms with van der Waals surface area (Å²) in [6, 6.07) is 0. The number of halogens is 8. The molecule has 28 heavy (non-hydrogen) atoms. The average Bonchev–Trinajstić information content (AvgIpc) is 2.53. The summed E-state index contributed by atoms with van der Waals surface area (Å²) in [7, 11) is 0. The lowest BCUT2D eigenvalue weighted by Gasteiger charge is -2.28. The quantitative estimate of drug-likeness (QED) is 0.534. The molecule has 0 aromatic rings. The average molecular weight is 465 g/mol. The summed E-state index contributed by atoms with van der Waals surface area (Å²) in [6.07, 6.45) is -9.71. The van der Waals surface area contributed by atoms with Crippen LogP contribution < -0.4 is 10.6 Å². The van der Waals surface area contributed by atoms with E-state index in [9.17, 15) is 35.9 Å². The summed E-state index contributed by atoms with van der Waals surface area (Å²) >= 11 is 0. The van der Waals surface area contributed by atoms with Gasteiger partial charge in [-0.2, -0.15) is 26.3 Å². The van der Waals surface area contributed by atoms with Gasteiger partial charge in [0, 0.05) is 39.3 Å². The van der Waals surface area contributed by atoms with E-state index in [1.165, 1.54) is 0 Å². The van der Waals surface area contributed by atoms with Crippen molar-refractivity contribution in [3.05, 3.63) is 0 Å². The van der Waals surface area contributed by atoms with Crippen LogP contribution in [-0.4, -0.2) is 86.3 Å². The maximum atomic E-state index is 12.6. The highest BCUT2D eigenvalue weighted by Crippen LogP contribution is 2.20. The number of alkyl halides is 6. The van der Waals surface area contributed by atoms with Crippen molar-refractivity contribution in [3.8, 4) is 0 Å². The van der Waals surface area contributed by atoms with E-state index >= 15 is 0 Å². The largest absolute Gasteiger partial charge is 0.471 e. The summed E-state index contributed by atoms with van der Waals surface area (Å²) in [6.45, 7) is -0.0132. The minimum atomic E-state index is -5.06. The first-order valence-corrected chi connectivity index (χ1v) is 8.17. The number of carbonyl (C=O) groups excluding carboxylic acids is 2. The molecule has 0 bridgehead atoms. The fourth-order valence-electron chi connectivity index (χ4n) is 2.46. The molecule has 14 heteroatoms. The smallest absolute Gasteiger partial charge is 0.334 e. The molecule has 1 heterocycles. The Morgan fingerprint density at radius 3 is 1.29 bits per heavy atom. The van der Waals surface area contributed by atoms with Crippen molar-refractivity contribution in [2.45, 2.75) is 25.2 Å². The zero-order chi connectivity index (χ0) is 19.8. The monoisotopic (exact) mass is 464 g/mol. The predicted octanol–water partition coefficient (Wildman–Crippen LogP) is 1.58. The van der Waals surface area contributed by atoms with Gasteiger partial charge in [0.1, 0.15) is 0 Å². The van der Waals surface area contributed by atoms with E-state index in [-0.39, 0.29) is 57.4 Å². The van der Waals surface area contributed by atoms with Gasteiger partial charge >= 0.3 is 24.2 Å². The molecule has 0 saturated carbocycles. The molecule has 0 spiro atoms. The van der Waals surface area contributed by atoms with Gasteiger partial charge in [0.25, 0.3) is 0 Å². The van der Waals surface area contributed by atoms with E-state index in [0.717, 1.165) is 0 Å². The third kappa shape index (κ3) is 10.5. The van der Waals surface area contributed by atoms with Gasteiger partial charge < -0.3 is 20.4 Å². The molecule has 6 nitrogen and oxygen atoms in total. The number of amides is 2. The van der Waals surface area contributed by atoms with Gasteiger partial charge in [-0.15, -0.1) is 24.8 Å². The summed E-state index contributed by atoms with van der Waals surface area (Å²) in [5.41, 5.74) is 0.